The van der Waals surface area contributed by atoms with Gasteiger partial charge in [-0.15, -0.1) is 0 Å². The highest BCUT2D eigenvalue weighted by Gasteiger charge is 2.20. The molecule has 0 aliphatic rings. The fraction of sp³-hybridized carbons (Fsp3) is 0. The fourth-order valence-electron chi connectivity index (χ4n) is 3.09. The summed E-state index contributed by atoms with van der Waals surface area (Å²) in [5.74, 6) is 2.67. The molecule has 0 saturated carbocycles. The largest absolute Gasteiger partial charge is 0.455 e. The Hall–Kier alpha value is -0.300. The van der Waals surface area contributed by atoms with Gasteiger partial charge in [-0.3, -0.25) is 0 Å². The summed E-state index contributed by atoms with van der Waals surface area (Å²) in [6.45, 7) is 0. The number of para-hydroxylation sites is 4. The number of nitrogens with zero attached hydrogens (tertiary/aromatic N) is 2. The molecule has 4 nitrogen and oxygen atoms in total. The highest BCUT2D eigenvalue weighted by molar-refractivity contribution is 9.25. The first kappa shape index (κ1) is 25.8. The lowest BCUT2D eigenvalue weighted by Gasteiger charge is -2.18. The van der Waals surface area contributed by atoms with Gasteiger partial charge in [0.1, 0.15) is 17.1 Å². The molecular formula is C22H11Br7N2O2. The van der Waals surface area contributed by atoms with E-state index in [-0.39, 0.29) is 0 Å². The molecule has 0 spiro atoms. The summed E-state index contributed by atoms with van der Waals surface area (Å²) in [5.41, 5.74) is 1.65. The Labute approximate surface area is 250 Å². The SMILES string of the molecule is Brc1c(Oc2ccccc2N(Br)Br)c(Br)c2cc(Oc3ccccc3N(Br)Br)ccc2c1Br. The van der Waals surface area contributed by atoms with Crippen LogP contribution in [0.4, 0.5) is 11.4 Å². The Morgan fingerprint density at radius 3 is 1.67 bits per heavy atom. The van der Waals surface area contributed by atoms with Gasteiger partial charge in [0.25, 0.3) is 0 Å². The van der Waals surface area contributed by atoms with Crippen LogP contribution in [-0.4, -0.2) is 0 Å². The first-order chi connectivity index (χ1) is 15.8. The minimum atomic E-state index is 0.633. The molecule has 0 amide bonds. The molecule has 0 heterocycles. The van der Waals surface area contributed by atoms with Gasteiger partial charge < -0.3 is 9.47 Å². The van der Waals surface area contributed by atoms with Crippen LogP contribution >= 0.6 is 112 Å². The van der Waals surface area contributed by atoms with E-state index in [1.165, 1.54) is 0 Å². The molecule has 0 aliphatic carbocycles. The molecule has 33 heavy (non-hydrogen) atoms. The second-order valence-electron chi connectivity index (χ2n) is 6.58. The van der Waals surface area contributed by atoms with Gasteiger partial charge >= 0.3 is 0 Å². The average molecular weight is 895 g/mol. The molecule has 0 aliphatic heterocycles. The Morgan fingerprint density at radius 1 is 0.545 bits per heavy atom. The number of ether oxygens (including phenoxy) is 2. The van der Waals surface area contributed by atoms with Gasteiger partial charge in [-0.2, -0.15) is 0 Å². The summed E-state index contributed by atoms with van der Waals surface area (Å²) < 4.78 is 18.3. The van der Waals surface area contributed by atoms with Crippen molar-refractivity contribution in [1.29, 1.82) is 0 Å². The fourth-order valence-corrected chi connectivity index (χ4v) is 6.15. The van der Waals surface area contributed by atoms with Crippen LogP contribution < -0.4 is 15.4 Å². The van der Waals surface area contributed by atoms with Gasteiger partial charge in [-0.05, 0) is 95.6 Å². The molecule has 0 bridgehead atoms. The van der Waals surface area contributed by atoms with Gasteiger partial charge in [0.15, 0.2) is 17.2 Å². The van der Waals surface area contributed by atoms with Crippen LogP contribution in [0.15, 0.2) is 80.1 Å². The van der Waals surface area contributed by atoms with Crippen molar-refractivity contribution in [2.24, 2.45) is 0 Å². The number of hydrogen-bond acceptors (Lipinski definition) is 4. The Kier molecular flexibility index (Phi) is 8.73. The third-order valence-corrected chi connectivity index (χ3v) is 9.02. The molecule has 0 N–H and O–H groups in total. The molecule has 11 heteroatoms. The van der Waals surface area contributed by atoms with Crippen LogP contribution in [0.5, 0.6) is 23.0 Å². The van der Waals surface area contributed by atoms with Gasteiger partial charge in [-0.1, -0.05) is 24.3 Å². The van der Waals surface area contributed by atoms with Crippen LogP contribution in [0.3, 0.4) is 0 Å². The van der Waals surface area contributed by atoms with Gasteiger partial charge in [0.05, 0.1) is 73.5 Å². The number of fused-ring (bicyclic) bond motifs is 1. The standard InChI is InChI=1S/C22H11Br7N2O2/c23-19-13-10-9-12(32-17-7-3-1-5-15(17)30(26)27)11-14(13)20(24)22(21(19)25)33-18-8-4-2-6-16(18)31(28)29/h1-11H. The second-order valence-corrected chi connectivity index (χ2v) is 13.7. The molecule has 170 valence electrons. The zero-order valence-corrected chi connectivity index (χ0v) is 27.3. The molecule has 0 aromatic heterocycles. The lowest BCUT2D eigenvalue weighted by atomic mass is 10.1. The van der Waals surface area contributed by atoms with E-state index in [2.05, 4.69) is 112 Å². The summed E-state index contributed by atoms with van der Waals surface area (Å²) in [5, 5.41) is 1.93. The average Bonchev–Trinajstić information content (AvgIpc) is 2.80. The van der Waals surface area contributed by atoms with Crippen molar-refractivity contribution in [2.45, 2.75) is 0 Å². The van der Waals surface area contributed by atoms with E-state index in [1.807, 2.05) is 66.7 Å². The quantitative estimate of drug-likeness (QED) is 0.142. The van der Waals surface area contributed by atoms with E-state index in [4.69, 9.17) is 9.47 Å². The van der Waals surface area contributed by atoms with Crippen molar-refractivity contribution in [2.75, 3.05) is 5.90 Å². The van der Waals surface area contributed by atoms with Crippen molar-refractivity contribution < 1.29 is 9.47 Å². The van der Waals surface area contributed by atoms with Crippen molar-refractivity contribution in [1.82, 2.24) is 0 Å². The van der Waals surface area contributed by atoms with Crippen LogP contribution in [0.1, 0.15) is 0 Å². The van der Waals surface area contributed by atoms with Gasteiger partial charge in [0, 0.05) is 9.86 Å². The van der Waals surface area contributed by atoms with E-state index in [1.54, 1.807) is 5.90 Å². The summed E-state index contributed by atoms with van der Waals surface area (Å²) in [6.07, 6.45) is 0. The normalized spacial score (nSPS) is 10.9. The summed E-state index contributed by atoms with van der Waals surface area (Å²) in [6, 6.07) is 21.3. The minimum Gasteiger partial charge on any atom is -0.455 e. The Balaban J connectivity index is 1.80. The van der Waals surface area contributed by atoms with E-state index in [0.29, 0.717) is 23.0 Å². The summed E-state index contributed by atoms with van der Waals surface area (Å²) >= 11 is 24.8. The monoisotopic (exact) mass is 888 g/mol. The molecule has 0 fully saturated rings. The number of halogens is 7. The topological polar surface area (TPSA) is 24.9 Å². The van der Waals surface area contributed by atoms with E-state index in [9.17, 15) is 0 Å². The zero-order chi connectivity index (χ0) is 23.7. The highest BCUT2D eigenvalue weighted by Crippen LogP contribution is 2.49. The minimum absolute atomic E-state index is 0.633. The van der Waals surface area contributed by atoms with Gasteiger partial charge in [0.2, 0.25) is 0 Å². The molecule has 4 aromatic carbocycles. The predicted molar refractivity (Wildman–Crippen MR) is 161 cm³/mol. The smallest absolute Gasteiger partial charge is 0.157 e. The predicted octanol–water partition coefficient (Wildman–Crippen LogP) is 11.6. The molecule has 0 saturated heterocycles. The number of rotatable bonds is 6. The first-order valence-corrected chi connectivity index (χ1v) is 14.4. The van der Waals surface area contributed by atoms with Crippen LogP contribution in [-0.2, 0) is 0 Å². The molecule has 0 radical (unpaired) electrons. The summed E-state index contributed by atoms with van der Waals surface area (Å²) in [7, 11) is 0. The zero-order valence-electron chi connectivity index (χ0n) is 16.2. The number of benzene rings is 4. The van der Waals surface area contributed by atoms with Crippen LogP contribution in [0.2, 0.25) is 0 Å². The van der Waals surface area contributed by atoms with E-state index >= 15 is 0 Å². The molecular weight excluding hydrogens is 884 g/mol. The maximum Gasteiger partial charge on any atom is 0.157 e. The van der Waals surface area contributed by atoms with Gasteiger partial charge in [-0.25, -0.2) is 5.90 Å². The molecule has 0 unspecified atom stereocenters. The molecule has 4 rings (SSSR count). The van der Waals surface area contributed by atoms with E-state index < -0.39 is 0 Å². The van der Waals surface area contributed by atoms with Crippen molar-refractivity contribution in [3.8, 4) is 23.0 Å². The maximum absolute atomic E-state index is 6.34. The molecule has 0 atom stereocenters. The maximum atomic E-state index is 6.34. The lowest BCUT2D eigenvalue weighted by Crippen LogP contribution is -1.97. The highest BCUT2D eigenvalue weighted by atomic mass is 79.9. The van der Waals surface area contributed by atoms with Crippen LogP contribution in [0, 0.1) is 0 Å². The second kappa shape index (κ2) is 11.2. The van der Waals surface area contributed by atoms with Crippen molar-refractivity contribution in [3.63, 3.8) is 0 Å². The first-order valence-electron chi connectivity index (χ1n) is 9.15. The number of hydrogen-bond donors (Lipinski definition) is 0. The number of anilines is 2. The lowest BCUT2D eigenvalue weighted by molar-refractivity contribution is 0.478. The Bertz CT molecular complexity index is 1330. The van der Waals surface area contributed by atoms with Crippen molar-refractivity contribution >= 4 is 135 Å². The Morgan fingerprint density at radius 2 is 1.09 bits per heavy atom. The van der Waals surface area contributed by atoms with Crippen molar-refractivity contribution in [3.05, 3.63) is 80.1 Å². The summed E-state index contributed by atoms with van der Waals surface area (Å²) in [4.78, 5) is 0. The van der Waals surface area contributed by atoms with E-state index in [0.717, 1.165) is 35.6 Å². The molecule has 4 aromatic rings. The third kappa shape index (κ3) is 5.59. The van der Waals surface area contributed by atoms with Crippen LogP contribution in [0.25, 0.3) is 10.8 Å². The third-order valence-electron chi connectivity index (χ3n) is 4.59.